The van der Waals surface area contributed by atoms with Crippen LogP contribution in [0.2, 0.25) is 0 Å². The zero-order valence-corrected chi connectivity index (χ0v) is 22.6. The minimum Gasteiger partial charge on any atom is -0.429 e. The number of hydrogen-bond acceptors (Lipinski definition) is 10. The number of ketones is 2. The minimum atomic E-state index is -2.46. The van der Waals surface area contributed by atoms with Crippen molar-refractivity contribution in [3.8, 4) is 0 Å². The predicted octanol–water partition coefficient (Wildman–Crippen LogP) is 2.89. The van der Waals surface area contributed by atoms with Crippen LogP contribution in [0.25, 0.3) is 0 Å². The summed E-state index contributed by atoms with van der Waals surface area (Å²) in [4.78, 5) is 48.1. The lowest BCUT2D eigenvalue weighted by Gasteiger charge is -2.62. The van der Waals surface area contributed by atoms with Gasteiger partial charge in [0, 0.05) is 22.8 Å². The zero-order valence-electron chi connectivity index (χ0n) is 22.6. The molecule has 3 N–H and O–H groups in total. The first-order valence-electron chi connectivity index (χ1n) is 13.5. The maximum atomic E-state index is 17.2. The summed E-state index contributed by atoms with van der Waals surface area (Å²) in [5.74, 6) is -2.86. The molecule has 3 saturated carbocycles. The summed E-state index contributed by atoms with van der Waals surface area (Å²) >= 11 is 0. The Kier molecular flexibility index (Phi) is 6.95. The molecular weight excluding hydrogens is 541 g/mol. The molecule has 0 saturated heterocycles. The maximum Gasteiger partial charge on any atom is 0.509 e. The van der Waals surface area contributed by atoms with Crippen molar-refractivity contribution in [1.82, 2.24) is 0 Å². The topological polar surface area (TPSA) is 174 Å². The van der Waals surface area contributed by atoms with E-state index in [0.717, 1.165) is 0 Å². The number of rotatable bonds is 6. The molecule has 220 valence electrons. The van der Waals surface area contributed by atoms with E-state index in [2.05, 4.69) is 0 Å². The lowest BCUT2D eigenvalue weighted by Crippen LogP contribution is -2.69. The SMILES string of the molecule is C[C@]12C=CC(=O)C=C1CC[C@H]1[C@@H]3C[C@@H](O)[C@](O)(C(=O)COC(=O)OCc4ccccc4[N+](=O)[O-])[C@@]3(C)C[C@H](O)[C@@]12F. The summed E-state index contributed by atoms with van der Waals surface area (Å²) in [5, 5.41) is 45.2. The van der Waals surface area contributed by atoms with Crippen molar-refractivity contribution in [1.29, 1.82) is 0 Å². The number of ether oxygens (including phenoxy) is 2. The van der Waals surface area contributed by atoms with Crippen LogP contribution in [0.5, 0.6) is 0 Å². The summed E-state index contributed by atoms with van der Waals surface area (Å²) in [7, 11) is 0. The van der Waals surface area contributed by atoms with Crippen LogP contribution in [-0.2, 0) is 25.7 Å². The van der Waals surface area contributed by atoms with Gasteiger partial charge >= 0.3 is 6.16 Å². The lowest BCUT2D eigenvalue weighted by molar-refractivity contribution is -0.385. The number of nitrogens with zero attached hydrogens (tertiary/aromatic N) is 1. The van der Waals surface area contributed by atoms with Crippen LogP contribution in [0.15, 0.2) is 48.1 Å². The molecule has 0 radical (unpaired) electrons. The number of benzene rings is 1. The Labute approximate surface area is 234 Å². The van der Waals surface area contributed by atoms with Crippen LogP contribution in [0.1, 0.15) is 45.1 Å². The molecule has 12 heteroatoms. The highest BCUT2D eigenvalue weighted by molar-refractivity contribution is 6.01. The highest BCUT2D eigenvalue weighted by atomic mass is 19.1. The van der Waals surface area contributed by atoms with E-state index in [0.29, 0.717) is 12.0 Å². The van der Waals surface area contributed by atoms with E-state index < -0.39 is 76.2 Å². The van der Waals surface area contributed by atoms with Gasteiger partial charge in [0.1, 0.15) is 6.61 Å². The van der Waals surface area contributed by atoms with E-state index in [1.165, 1.54) is 49.4 Å². The molecule has 0 aromatic heterocycles. The van der Waals surface area contributed by atoms with Gasteiger partial charge in [-0.1, -0.05) is 30.7 Å². The van der Waals surface area contributed by atoms with Gasteiger partial charge in [-0.3, -0.25) is 19.7 Å². The molecule has 5 rings (SSSR count). The molecule has 1 aromatic carbocycles. The third-order valence-electron chi connectivity index (χ3n) is 10.1. The summed E-state index contributed by atoms with van der Waals surface area (Å²) < 4.78 is 27.0. The number of nitro benzene ring substituents is 1. The minimum absolute atomic E-state index is 0.100. The average Bonchev–Trinajstić information content (AvgIpc) is 3.13. The van der Waals surface area contributed by atoms with Crippen molar-refractivity contribution >= 4 is 23.4 Å². The van der Waals surface area contributed by atoms with Crippen molar-refractivity contribution in [2.24, 2.45) is 22.7 Å². The Balaban J connectivity index is 1.33. The van der Waals surface area contributed by atoms with Crippen LogP contribution in [0.3, 0.4) is 0 Å². The monoisotopic (exact) mass is 573 g/mol. The molecule has 11 nitrogen and oxygen atoms in total. The number of nitro groups is 1. The lowest BCUT2D eigenvalue weighted by atomic mass is 9.44. The number of hydrogen-bond donors (Lipinski definition) is 3. The summed E-state index contributed by atoms with van der Waals surface area (Å²) in [6, 6.07) is 5.60. The molecule has 4 aliphatic rings. The van der Waals surface area contributed by atoms with E-state index in [9.17, 15) is 39.8 Å². The van der Waals surface area contributed by atoms with Crippen LogP contribution >= 0.6 is 0 Å². The fourth-order valence-electron chi connectivity index (χ4n) is 7.95. The van der Waals surface area contributed by atoms with Crippen molar-refractivity contribution in [3.05, 3.63) is 63.7 Å². The molecular formula is C29H32FNO10. The molecule has 0 unspecified atom stereocenters. The van der Waals surface area contributed by atoms with Crippen molar-refractivity contribution in [3.63, 3.8) is 0 Å². The van der Waals surface area contributed by atoms with Gasteiger partial charge in [-0.2, -0.15) is 0 Å². The first-order valence-corrected chi connectivity index (χ1v) is 13.5. The number of aliphatic hydroxyl groups is 3. The average molecular weight is 574 g/mol. The van der Waals surface area contributed by atoms with Gasteiger partial charge in [-0.25, -0.2) is 9.18 Å². The highest BCUT2D eigenvalue weighted by Crippen LogP contribution is 2.69. The number of alkyl halides is 1. The smallest absolute Gasteiger partial charge is 0.429 e. The van der Waals surface area contributed by atoms with E-state index in [1.54, 1.807) is 6.92 Å². The summed E-state index contributed by atoms with van der Waals surface area (Å²) in [6.07, 6.45) is -0.304. The van der Waals surface area contributed by atoms with Crippen LogP contribution in [0, 0.1) is 32.8 Å². The molecule has 0 bridgehead atoms. The van der Waals surface area contributed by atoms with Gasteiger partial charge in [0.15, 0.2) is 23.7 Å². The van der Waals surface area contributed by atoms with Gasteiger partial charge in [-0.05, 0) is 56.7 Å². The number of aliphatic hydroxyl groups excluding tert-OH is 2. The fraction of sp³-hybridized carbons (Fsp3) is 0.552. The molecule has 0 heterocycles. The third-order valence-corrected chi connectivity index (χ3v) is 10.1. The van der Waals surface area contributed by atoms with Crippen LogP contribution in [-0.4, -0.2) is 68.0 Å². The largest absolute Gasteiger partial charge is 0.509 e. The molecule has 0 aliphatic heterocycles. The van der Waals surface area contributed by atoms with Gasteiger partial charge in [0.05, 0.1) is 22.7 Å². The predicted molar refractivity (Wildman–Crippen MR) is 139 cm³/mol. The zero-order chi connectivity index (χ0) is 30.0. The first kappa shape index (κ1) is 29.0. The normalized spacial score (nSPS) is 39.2. The Morgan fingerprint density at radius 1 is 1.15 bits per heavy atom. The molecule has 1 aromatic rings. The molecule has 4 aliphatic carbocycles. The van der Waals surface area contributed by atoms with Crippen molar-refractivity contribution in [2.45, 2.75) is 69.6 Å². The molecule has 8 atom stereocenters. The van der Waals surface area contributed by atoms with E-state index in [4.69, 9.17) is 9.47 Å². The number of para-hydroxylation sites is 1. The molecule has 41 heavy (non-hydrogen) atoms. The van der Waals surface area contributed by atoms with E-state index in [1.807, 2.05) is 0 Å². The second kappa shape index (κ2) is 9.81. The number of halogens is 1. The van der Waals surface area contributed by atoms with Crippen molar-refractivity contribution < 1.29 is 48.5 Å². The second-order valence-corrected chi connectivity index (χ2v) is 11.9. The Morgan fingerprint density at radius 3 is 2.56 bits per heavy atom. The number of Topliss-reactive ketones (excluding diaryl/α,β-unsaturated/α-hetero) is 1. The van der Waals surface area contributed by atoms with E-state index >= 15 is 4.39 Å². The molecule has 3 fully saturated rings. The number of carbonyl (C=O) groups excluding carboxylic acids is 3. The quantitative estimate of drug-likeness (QED) is 0.261. The number of carbonyl (C=O) groups is 3. The first-order chi connectivity index (χ1) is 19.2. The van der Waals surface area contributed by atoms with Gasteiger partial charge in [0.2, 0.25) is 5.78 Å². The van der Waals surface area contributed by atoms with E-state index in [-0.39, 0.29) is 36.3 Å². The van der Waals surface area contributed by atoms with Crippen molar-refractivity contribution in [2.75, 3.05) is 6.61 Å². The van der Waals surface area contributed by atoms with Crippen LogP contribution < -0.4 is 0 Å². The van der Waals surface area contributed by atoms with Gasteiger partial charge in [-0.15, -0.1) is 0 Å². The Morgan fingerprint density at radius 2 is 1.85 bits per heavy atom. The molecule has 0 spiro atoms. The summed E-state index contributed by atoms with van der Waals surface area (Å²) in [6.45, 7) is 1.67. The van der Waals surface area contributed by atoms with Gasteiger partial charge < -0.3 is 24.8 Å². The third kappa shape index (κ3) is 4.06. The van der Waals surface area contributed by atoms with Gasteiger partial charge in [0.25, 0.3) is 5.69 Å². The Bertz CT molecular complexity index is 1380. The fourth-order valence-corrected chi connectivity index (χ4v) is 7.95. The number of fused-ring (bicyclic) bond motifs is 5. The summed E-state index contributed by atoms with van der Waals surface area (Å²) in [5.41, 5.74) is -7.02. The standard InChI is InChI=1S/C29H32FNO10/c1-26-10-9-18(32)11-17(26)7-8-19-20-12-22(33)29(37,27(20,2)13-23(34)28(19,26)30)24(35)15-41-25(36)40-14-16-5-3-4-6-21(16)31(38)39/h3-6,9-11,19-20,22-23,33-34,37H,7-8,12-15H2,1-2H3/t19-,20-,22+,23-,26-,27-,28-,29-/m0/s1. The number of allylic oxidation sites excluding steroid dienone is 4. The molecule has 0 amide bonds. The highest BCUT2D eigenvalue weighted by Gasteiger charge is 2.76. The Hall–Kier alpha value is -3.48. The second-order valence-electron chi connectivity index (χ2n) is 11.9. The van der Waals surface area contributed by atoms with Crippen LogP contribution in [0.4, 0.5) is 14.9 Å². The maximum absolute atomic E-state index is 17.2.